The smallest absolute Gasteiger partial charge is 0.223 e. The summed E-state index contributed by atoms with van der Waals surface area (Å²) in [5.74, 6) is 1.13. The van der Waals surface area contributed by atoms with Crippen molar-refractivity contribution in [2.75, 3.05) is 18.0 Å². The van der Waals surface area contributed by atoms with Crippen LogP contribution < -0.4 is 10.2 Å². The molecule has 26 heavy (non-hydrogen) atoms. The van der Waals surface area contributed by atoms with E-state index in [0.717, 1.165) is 44.6 Å². The van der Waals surface area contributed by atoms with Gasteiger partial charge in [0.1, 0.15) is 11.9 Å². The molecule has 0 saturated carbocycles. The van der Waals surface area contributed by atoms with Crippen molar-refractivity contribution in [1.82, 2.24) is 10.3 Å². The molecule has 4 rings (SSSR count). The Kier molecular flexibility index (Phi) is 4.57. The van der Waals surface area contributed by atoms with Gasteiger partial charge in [0.15, 0.2) is 0 Å². The third-order valence-electron chi connectivity index (χ3n) is 5.52. The third-order valence-corrected chi connectivity index (χ3v) is 5.52. The first-order chi connectivity index (χ1) is 12.7. The second-order valence-electron chi connectivity index (χ2n) is 7.08. The van der Waals surface area contributed by atoms with Crippen molar-refractivity contribution in [2.45, 2.75) is 31.7 Å². The zero-order valence-electron chi connectivity index (χ0n) is 14.7. The monoisotopic (exact) mass is 346 g/mol. The summed E-state index contributed by atoms with van der Waals surface area (Å²) in [7, 11) is 0. The molecule has 0 spiro atoms. The van der Waals surface area contributed by atoms with Crippen molar-refractivity contribution in [3.63, 3.8) is 0 Å². The molecular weight excluding hydrogens is 324 g/mol. The minimum Gasteiger partial charge on any atom is -0.357 e. The average Bonchev–Trinajstić information content (AvgIpc) is 3.11. The first-order valence-electron chi connectivity index (χ1n) is 9.24. The number of hydrogen-bond donors (Lipinski definition) is 1. The van der Waals surface area contributed by atoms with Crippen LogP contribution in [0.15, 0.2) is 42.6 Å². The molecule has 0 bridgehead atoms. The molecule has 1 aromatic heterocycles. The van der Waals surface area contributed by atoms with Crippen LogP contribution in [0.1, 0.15) is 42.0 Å². The van der Waals surface area contributed by atoms with Crippen molar-refractivity contribution in [2.24, 2.45) is 5.92 Å². The number of amides is 1. The van der Waals surface area contributed by atoms with E-state index < -0.39 is 0 Å². The summed E-state index contributed by atoms with van der Waals surface area (Å²) in [6, 6.07) is 14.3. The molecule has 5 heteroatoms. The largest absolute Gasteiger partial charge is 0.357 e. The predicted molar refractivity (Wildman–Crippen MR) is 99.5 cm³/mol. The molecule has 2 aromatic rings. The summed E-state index contributed by atoms with van der Waals surface area (Å²) in [4.78, 5) is 19.3. The normalized spacial score (nSPS) is 19.7. The number of nitrogens with one attached hydrogen (secondary N) is 1. The zero-order chi connectivity index (χ0) is 17.9. The number of hydrogen-bond acceptors (Lipinski definition) is 4. The summed E-state index contributed by atoms with van der Waals surface area (Å²) in [5.41, 5.74) is 3.21. The lowest BCUT2D eigenvalue weighted by Crippen LogP contribution is -2.41. The molecule has 2 heterocycles. The van der Waals surface area contributed by atoms with Crippen LogP contribution in [0.2, 0.25) is 0 Å². The second-order valence-corrected chi connectivity index (χ2v) is 7.08. The van der Waals surface area contributed by atoms with E-state index in [1.165, 1.54) is 11.1 Å². The van der Waals surface area contributed by atoms with Crippen LogP contribution in [-0.4, -0.2) is 24.0 Å². The Labute approximate surface area is 153 Å². The molecule has 1 saturated heterocycles. The van der Waals surface area contributed by atoms with Crippen LogP contribution in [0, 0.1) is 17.2 Å². The van der Waals surface area contributed by atoms with E-state index >= 15 is 0 Å². The standard InChI is InChI=1S/C21H22N4O/c22-13-15-5-8-20(23-14-15)25-11-9-17(10-12-25)21(26)24-19-7-6-16-3-1-2-4-18(16)19/h1-5,8,14,17,19H,6-7,9-12H2,(H,24,26)/t19-/m1/s1. The van der Waals surface area contributed by atoms with E-state index in [0.29, 0.717) is 5.56 Å². The molecule has 1 aliphatic heterocycles. The van der Waals surface area contributed by atoms with E-state index in [1.807, 2.05) is 12.1 Å². The lowest BCUT2D eigenvalue weighted by molar-refractivity contribution is -0.126. The molecule has 1 aromatic carbocycles. The van der Waals surface area contributed by atoms with Gasteiger partial charge in [0, 0.05) is 25.2 Å². The number of fused-ring (bicyclic) bond motifs is 1. The number of piperidine rings is 1. The molecule has 0 radical (unpaired) electrons. The quantitative estimate of drug-likeness (QED) is 0.928. The number of nitrogens with zero attached hydrogens (tertiary/aromatic N) is 3. The lowest BCUT2D eigenvalue weighted by atomic mass is 9.95. The summed E-state index contributed by atoms with van der Waals surface area (Å²) in [6.45, 7) is 1.64. The van der Waals surface area contributed by atoms with Crippen LogP contribution in [0.25, 0.3) is 0 Å². The molecule has 1 fully saturated rings. The number of aromatic nitrogens is 1. The second kappa shape index (κ2) is 7.17. The fraction of sp³-hybridized carbons (Fsp3) is 0.381. The number of aryl methyl sites for hydroxylation is 1. The van der Waals surface area contributed by atoms with Gasteiger partial charge in [-0.3, -0.25) is 4.79 Å². The zero-order valence-corrected chi connectivity index (χ0v) is 14.7. The first-order valence-corrected chi connectivity index (χ1v) is 9.24. The highest BCUT2D eigenvalue weighted by Gasteiger charge is 2.29. The van der Waals surface area contributed by atoms with Crippen molar-refractivity contribution in [3.8, 4) is 6.07 Å². The minimum atomic E-state index is 0.0670. The van der Waals surface area contributed by atoms with Gasteiger partial charge in [-0.2, -0.15) is 5.26 Å². The van der Waals surface area contributed by atoms with Crippen molar-refractivity contribution in [1.29, 1.82) is 5.26 Å². The summed E-state index contributed by atoms with van der Waals surface area (Å²) in [5, 5.41) is 12.1. The lowest BCUT2D eigenvalue weighted by Gasteiger charge is -2.32. The fourth-order valence-electron chi connectivity index (χ4n) is 4.01. The van der Waals surface area contributed by atoms with E-state index in [4.69, 9.17) is 5.26 Å². The maximum atomic E-state index is 12.7. The average molecular weight is 346 g/mol. The summed E-state index contributed by atoms with van der Waals surface area (Å²) >= 11 is 0. The molecule has 5 nitrogen and oxygen atoms in total. The Hall–Kier alpha value is -2.87. The van der Waals surface area contributed by atoms with E-state index in [1.54, 1.807) is 12.3 Å². The Balaban J connectivity index is 1.33. The van der Waals surface area contributed by atoms with Gasteiger partial charge in [0.05, 0.1) is 11.6 Å². The predicted octanol–water partition coefficient (Wildman–Crippen LogP) is 2.97. The van der Waals surface area contributed by atoms with E-state index in [9.17, 15) is 4.79 Å². The molecule has 132 valence electrons. The van der Waals surface area contributed by atoms with E-state index in [-0.39, 0.29) is 17.9 Å². The van der Waals surface area contributed by atoms with Crippen LogP contribution in [-0.2, 0) is 11.2 Å². The first kappa shape index (κ1) is 16.6. The molecule has 1 aliphatic carbocycles. The minimum absolute atomic E-state index is 0.0670. The van der Waals surface area contributed by atoms with Crippen LogP contribution in [0.4, 0.5) is 5.82 Å². The van der Waals surface area contributed by atoms with Gasteiger partial charge < -0.3 is 10.2 Å². The van der Waals surface area contributed by atoms with Gasteiger partial charge in [-0.1, -0.05) is 24.3 Å². The topological polar surface area (TPSA) is 69.0 Å². The molecular formula is C21H22N4O. The number of carbonyl (C=O) groups excluding carboxylic acids is 1. The van der Waals surface area contributed by atoms with Crippen molar-refractivity contribution >= 4 is 11.7 Å². The summed E-state index contributed by atoms with van der Waals surface area (Å²) in [6.07, 6.45) is 5.32. The maximum absolute atomic E-state index is 12.7. The number of carbonyl (C=O) groups is 1. The highest BCUT2D eigenvalue weighted by molar-refractivity contribution is 5.79. The number of pyridine rings is 1. The maximum Gasteiger partial charge on any atom is 0.223 e. The van der Waals surface area contributed by atoms with Gasteiger partial charge in [0.25, 0.3) is 0 Å². The summed E-state index contributed by atoms with van der Waals surface area (Å²) < 4.78 is 0. The van der Waals surface area contributed by atoms with Crippen LogP contribution in [0.3, 0.4) is 0 Å². The third kappa shape index (κ3) is 3.28. The highest BCUT2D eigenvalue weighted by Crippen LogP contribution is 2.31. The fourth-order valence-corrected chi connectivity index (χ4v) is 4.01. The van der Waals surface area contributed by atoms with Gasteiger partial charge in [0.2, 0.25) is 5.91 Å². The van der Waals surface area contributed by atoms with Crippen LogP contribution >= 0.6 is 0 Å². The number of benzene rings is 1. The number of nitriles is 1. The number of rotatable bonds is 3. The Morgan fingerprint density at radius 2 is 1.96 bits per heavy atom. The van der Waals surface area contributed by atoms with E-state index in [2.05, 4.69) is 39.5 Å². The van der Waals surface area contributed by atoms with Gasteiger partial charge in [-0.05, 0) is 48.9 Å². The molecule has 2 aliphatic rings. The molecule has 0 unspecified atom stereocenters. The molecule has 1 N–H and O–H groups in total. The van der Waals surface area contributed by atoms with Crippen molar-refractivity contribution in [3.05, 3.63) is 59.3 Å². The van der Waals surface area contributed by atoms with Gasteiger partial charge >= 0.3 is 0 Å². The SMILES string of the molecule is N#Cc1ccc(N2CCC(C(=O)N[C@@H]3CCc4ccccc43)CC2)nc1. The Bertz CT molecular complexity index is 832. The van der Waals surface area contributed by atoms with Gasteiger partial charge in [-0.15, -0.1) is 0 Å². The molecule has 1 atom stereocenters. The Morgan fingerprint density at radius 3 is 2.69 bits per heavy atom. The molecule has 1 amide bonds. The van der Waals surface area contributed by atoms with Gasteiger partial charge in [-0.25, -0.2) is 4.98 Å². The number of anilines is 1. The van der Waals surface area contributed by atoms with Crippen LogP contribution in [0.5, 0.6) is 0 Å². The highest BCUT2D eigenvalue weighted by atomic mass is 16.1. The Morgan fingerprint density at radius 1 is 1.15 bits per heavy atom. The van der Waals surface area contributed by atoms with Crippen molar-refractivity contribution < 1.29 is 4.79 Å².